The smallest absolute Gasteiger partial charge is 0.475 e. The topological polar surface area (TPSA) is 112 Å². The third-order valence-corrected chi connectivity index (χ3v) is 9.33. The third kappa shape index (κ3) is 8.00. The van der Waals surface area contributed by atoms with Gasteiger partial charge < -0.3 is 10.4 Å². The number of anilines is 1. The highest BCUT2D eigenvalue weighted by Crippen LogP contribution is 2.39. The number of thiazole rings is 1. The fourth-order valence-corrected chi connectivity index (χ4v) is 7.02. The highest BCUT2D eigenvalue weighted by molar-refractivity contribution is 7.90. The van der Waals surface area contributed by atoms with Crippen LogP contribution in [0.3, 0.4) is 0 Å². The van der Waals surface area contributed by atoms with Crippen molar-refractivity contribution in [3.8, 4) is 0 Å². The average Bonchev–Trinajstić information content (AvgIpc) is 3.66. The number of hydrogen-bond donors (Lipinski definition) is 2. The maximum absolute atomic E-state index is 14.8. The number of rotatable bonds is 8. The number of nitrogens with one attached hydrogen (secondary N) is 1. The Morgan fingerprint density at radius 3 is 2.21 bits per heavy atom. The largest absolute Gasteiger partial charge is 0.490 e. The molecule has 2 N–H and O–H groups in total. The second-order valence-corrected chi connectivity index (χ2v) is 12.6. The molecule has 4 heterocycles. The van der Waals surface area contributed by atoms with Gasteiger partial charge in [0.15, 0.2) is 10.7 Å². The number of hydrogen-bond acceptors (Lipinski definition) is 8. The van der Waals surface area contributed by atoms with Crippen LogP contribution in [0, 0.1) is 5.82 Å². The molecule has 0 radical (unpaired) electrons. The number of alkyl halides is 6. The van der Waals surface area contributed by atoms with Crippen molar-refractivity contribution in [2.24, 2.45) is 0 Å². The van der Waals surface area contributed by atoms with E-state index in [9.17, 15) is 39.2 Å². The van der Waals surface area contributed by atoms with Gasteiger partial charge >= 0.3 is 18.3 Å². The first-order valence-electron chi connectivity index (χ1n) is 12.8. The van der Waals surface area contributed by atoms with E-state index in [-0.39, 0.29) is 17.8 Å². The maximum atomic E-state index is 14.8. The summed E-state index contributed by atoms with van der Waals surface area (Å²) in [6.07, 6.45) is -5.53. The molecule has 0 amide bonds. The Kier molecular flexibility index (Phi) is 9.66. The van der Waals surface area contributed by atoms with Crippen LogP contribution in [0.5, 0.6) is 0 Å². The summed E-state index contributed by atoms with van der Waals surface area (Å²) < 4.78 is 113. The van der Waals surface area contributed by atoms with Crippen molar-refractivity contribution < 1.29 is 49.1 Å². The van der Waals surface area contributed by atoms with Crippen LogP contribution < -0.4 is 5.32 Å². The van der Waals surface area contributed by atoms with Crippen LogP contribution in [0.15, 0.2) is 46.2 Å². The number of pyridine rings is 1. The molecule has 2 aliphatic heterocycles. The number of halogens is 7. The lowest BCUT2D eigenvalue weighted by Gasteiger charge is -2.24. The van der Waals surface area contributed by atoms with Gasteiger partial charge in [-0.2, -0.15) is 26.3 Å². The molecule has 0 aliphatic carbocycles. The second kappa shape index (κ2) is 12.7. The lowest BCUT2D eigenvalue weighted by Crippen LogP contribution is -2.28. The van der Waals surface area contributed by atoms with Gasteiger partial charge in [0, 0.05) is 36.1 Å². The number of aliphatic carboxylic acids is 1. The van der Waals surface area contributed by atoms with E-state index in [1.165, 1.54) is 28.3 Å². The fraction of sp³-hybridized carbons (Fsp3) is 0.423. The Balaban J connectivity index is 0.000000541. The van der Waals surface area contributed by atoms with Gasteiger partial charge in [-0.25, -0.2) is 27.6 Å². The summed E-state index contributed by atoms with van der Waals surface area (Å²) in [6, 6.07) is 7.70. The Hall–Kier alpha value is -3.31. The lowest BCUT2D eigenvalue weighted by atomic mass is 10.0. The standard InChI is InChI=1S/C24H24F4N4O2S2.C2HF3O2/c25-20-3-1-2-15(11-32-17-4-5-18(32)7-6-17)19(20)10-29-21-8-9-22(31-23(21)24(26,27)28)36(33,34)13-16-12-35-14-30-16;3-2(4,5)1(6)7/h1-3,8-9,12,14,17-18,29H,4-7,10-11,13H2;(H,6,7). The number of nitrogens with zero attached hydrogens (tertiary/aromatic N) is 3. The zero-order valence-electron chi connectivity index (χ0n) is 22.1. The first-order chi connectivity index (χ1) is 20.1. The maximum Gasteiger partial charge on any atom is 0.490 e. The molecule has 5 rings (SSSR count). The summed E-state index contributed by atoms with van der Waals surface area (Å²) in [7, 11) is -4.14. The molecule has 2 fully saturated rings. The van der Waals surface area contributed by atoms with Gasteiger partial charge in [-0.05, 0) is 49.4 Å². The molecule has 1 aromatic carbocycles. The summed E-state index contributed by atoms with van der Waals surface area (Å²) >= 11 is 1.19. The summed E-state index contributed by atoms with van der Waals surface area (Å²) in [5.74, 6) is -3.81. The van der Waals surface area contributed by atoms with E-state index in [0.717, 1.165) is 43.4 Å². The van der Waals surface area contributed by atoms with Crippen LogP contribution in [0.2, 0.25) is 0 Å². The molecule has 8 nitrogen and oxygen atoms in total. The van der Waals surface area contributed by atoms with E-state index >= 15 is 0 Å². The molecule has 0 atom stereocenters. The first-order valence-corrected chi connectivity index (χ1v) is 15.4. The predicted octanol–water partition coefficient (Wildman–Crippen LogP) is 6.04. The first kappa shape index (κ1) is 32.6. The van der Waals surface area contributed by atoms with E-state index in [0.29, 0.717) is 18.6 Å². The van der Waals surface area contributed by atoms with Gasteiger partial charge in [0.1, 0.15) is 5.82 Å². The van der Waals surface area contributed by atoms with Crippen molar-refractivity contribution in [1.29, 1.82) is 0 Å². The van der Waals surface area contributed by atoms with E-state index in [2.05, 4.69) is 20.2 Å². The molecule has 2 aliphatic rings. The highest BCUT2D eigenvalue weighted by atomic mass is 32.2. The summed E-state index contributed by atoms with van der Waals surface area (Å²) in [6.45, 7) is 0.350. The van der Waals surface area contributed by atoms with Crippen molar-refractivity contribution in [1.82, 2.24) is 14.9 Å². The highest BCUT2D eigenvalue weighted by Gasteiger charge is 2.40. The SMILES string of the molecule is O=C(O)C(F)(F)F.O=S(=O)(Cc1cscn1)c1ccc(NCc2c(F)cccc2CN2C3CCC2CC3)c(C(F)(F)F)n1. The quantitative estimate of drug-likeness (QED) is 0.283. The number of carbonyl (C=O) groups is 1. The van der Waals surface area contributed by atoms with E-state index in [4.69, 9.17) is 9.90 Å². The van der Waals surface area contributed by atoms with Crippen molar-refractivity contribution in [3.63, 3.8) is 0 Å². The van der Waals surface area contributed by atoms with Crippen molar-refractivity contribution in [3.05, 3.63) is 69.6 Å². The van der Waals surface area contributed by atoms with Crippen LogP contribution in [-0.2, 0) is 39.7 Å². The molecule has 2 saturated heterocycles. The van der Waals surface area contributed by atoms with Crippen LogP contribution in [0.4, 0.5) is 36.4 Å². The molecule has 234 valence electrons. The minimum Gasteiger partial charge on any atom is -0.475 e. The Labute approximate surface area is 245 Å². The van der Waals surface area contributed by atoms with Crippen LogP contribution >= 0.6 is 11.3 Å². The van der Waals surface area contributed by atoms with Gasteiger partial charge in [0.25, 0.3) is 0 Å². The molecule has 0 unspecified atom stereocenters. The number of aromatic nitrogens is 2. The molecular formula is C26H25F7N4O4S2. The van der Waals surface area contributed by atoms with Crippen LogP contribution in [-0.4, -0.2) is 52.6 Å². The van der Waals surface area contributed by atoms with Crippen molar-refractivity contribution in [2.45, 2.75) is 74.0 Å². The van der Waals surface area contributed by atoms with E-state index in [1.807, 2.05) is 0 Å². The molecule has 43 heavy (non-hydrogen) atoms. The Bertz CT molecular complexity index is 1530. The molecule has 3 aromatic rings. The monoisotopic (exact) mass is 654 g/mol. The van der Waals surface area contributed by atoms with Gasteiger partial charge in [0.05, 0.1) is 22.6 Å². The Morgan fingerprint density at radius 1 is 1.05 bits per heavy atom. The van der Waals surface area contributed by atoms with Gasteiger partial charge in [-0.3, -0.25) is 4.90 Å². The third-order valence-electron chi connectivity index (χ3n) is 7.15. The minimum atomic E-state index is -5.08. The predicted molar refractivity (Wildman–Crippen MR) is 141 cm³/mol. The number of benzene rings is 1. The number of fused-ring (bicyclic) bond motifs is 2. The number of carboxylic acid groups (broad SMARTS) is 1. The summed E-state index contributed by atoms with van der Waals surface area (Å²) in [4.78, 5) is 18.6. The molecule has 17 heteroatoms. The summed E-state index contributed by atoms with van der Waals surface area (Å²) in [5, 5.41) is 10.6. The van der Waals surface area contributed by atoms with E-state index in [1.54, 1.807) is 12.1 Å². The number of carboxylic acids is 1. The molecule has 0 saturated carbocycles. The number of sulfone groups is 1. The zero-order chi connectivity index (χ0) is 31.6. The van der Waals surface area contributed by atoms with Gasteiger partial charge in [-0.15, -0.1) is 11.3 Å². The average molecular weight is 655 g/mol. The fourth-order valence-electron chi connectivity index (χ4n) is 5.16. The summed E-state index contributed by atoms with van der Waals surface area (Å²) in [5.41, 5.74) is 0.916. The van der Waals surface area contributed by atoms with Crippen LogP contribution in [0.25, 0.3) is 0 Å². The normalized spacial score (nSPS) is 18.8. The van der Waals surface area contributed by atoms with Crippen LogP contribution in [0.1, 0.15) is 48.2 Å². The minimum absolute atomic E-state index is 0.194. The molecule has 2 bridgehead atoms. The second-order valence-electron chi connectivity index (χ2n) is 9.95. The Morgan fingerprint density at radius 2 is 1.67 bits per heavy atom. The van der Waals surface area contributed by atoms with Crippen molar-refractivity contribution >= 4 is 32.8 Å². The lowest BCUT2D eigenvalue weighted by molar-refractivity contribution is -0.192. The zero-order valence-corrected chi connectivity index (χ0v) is 23.8. The van der Waals surface area contributed by atoms with Gasteiger partial charge in [0.2, 0.25) is 9.84 Å². The molecular weight excluding hydrogens is 629 g/mol. The molecule has 0 spiro atoms. The molecule has 2 aromatic heterocycles. The van der Waals surface area contributed by atoms with Crippen molar-refractivity contribution in [2.75, 3.05) is 5.32 Å². The van der Waals surface area contributed by atoms with E-state index < -0.39 is 56.1 Å². The van der Waals surface area contributed by atoms with Gasteiger partial charge in [-0.1, -0.05) is 12.1 Å².